The van der Waals surface area contributed by atoms with Crippen molar-refractivity contribution in [3.05, 3.63) is 29.8 Å². The molecule has 1 aliphatic rings. The van der Waals surface area contributed by atoms with Crippen LogP contribution in [0.25, 0.3) is 0 Å². The lowest BCUT2D eigenvalue weighted by Crippen LogP contribution is -2.21. The molecule has 21 heavy (non-hydrogen) atoms. The molecule has 2 unspecified atom stereocenters. The smallest absolute Gasteiger partial charge is 0.150 e. The van der Waals surface area contributed by atoms with Crippen molar-refractivity contribution in [1.82, 2.24) is 5.32 Å². The molecule has 0 amide bonds. The summed E-state index contributed by atoms with van der Waals surface area (Å²) < 4.78 is 29.0. The summed E-state index contributed by atoms with van der Waals surface area (Å²) in [6, 6.07) is 8.16. The summed E-state index contributed by atoms with van der Waals surface area (Å²) in [7, 11) is -0.893. The normalized spacial score (nSPS) is 22.1. The molecule has 1 aromatic rings. The Morgan fingerprint density at radius 2 is 2.14 bits per heavy atom. The van der Waals surface area contributed by atoms with Crippen molar-refractivity contribution in [1.29, 1.82) is 0 Å². The molecule has 1 aromatic carbocycles. The molecule has 1 fully saturated rings. The second-order valence-electron chi connectivity index (χ2n) is 5.73. The quantitative estimate of drug-likeness (QED) is 0.841. The van der Waals surface area contributed by atoms with Crippen molar-refractivity contribution >= 4 is 9.84 Å². The van der Waals surface area contributed by atoms with E-state index < -0.39 is 9.84 Å². The summed E-state index contributed by atoms with van der Waals surface area (Å²) in [6.45, 7) is 2.78. The van der Waals surface area contributed by atoms with Crippen LogP contribution in [0.4, 0.5) is 0 Å². The van der Waals surface area contributed by atoms with Gasteiger partial charge in [-0.05, 0) is 38.3 Å². The largest absolute Gasteiger partial charge is 0.493 e. The van der Waals surface area contributed by atoms with Crippen molar-refractivity contribution in [2.45, 2.75) is 32.2 Å². The minimum atomic E-state index is -2.81. The third-order valence-corrected chi connectivity index (χ3v) is 5.84. The maximum atomic E-state index is 11.6. The number of hydrogen-bond acceptors (Lipinski definition) is 4. The van der Waals surface area contributed by atoms with Gasteiger partial charge in [0, 0.05) is 11.6 Å². The van der Waals surface area contributed by atoms with E-state index in [-0.39, 0.29) is 12.0 Å². The number of para-hydroxylation sites is 1. The van der Waals surface area contributed by atoms with Crippen LogP contribution in [0.1, 0.15) is 37.8 Å². The van der Waals surface area contributed by atoms with Crippen molar-refractivity contribution in [2.75, 3.05) is 25.2 Å². The number of ether oxygens (including phenoxy) is 1. The lowest BCUT2D eigenvalue weighted by atomic mass is 9.94. The Balaban J connectivity index is 2.10. The van der Waals surface area contributed by atoms with Crippen molar-refractivity contribution in [2.24, 2.45) is 5.92 Å². The fourth-order valence-corrected chi connectivity index (χ4v) is 4.78. The van der Waals surface area contributed by atoms with E-state index in [1.165, 1.54) is 0 Å². The summed E-state index contributed by atoms with van der Waals surface area (Å²) in [5.74, 6) is 1.80. The van der Waals surface area contributed by atoms with E-state index >= 15 is 0 Å². The highest BCUT2D eigenvalue weighted by molar-refractivity contribution is 7.91. The summed E-state index contributed by atoms with van der Waals surface area (Å²) in [5, 5.41) is 3.31. The zero-order valence-electron chi connectivity index (χ0n) is 12.8. The van der Waals surface area contributed by atoms with Crippen LogP contribution in [0.3, 0.4) is 0 Å². The van der Waals surface area contributed by atoms with Gasteiger partial charge in [0.15, 0.2) is 9.84 Å². The Bertz CT molecular complexity index is 556. The SMILES string of the molecule is CCCOc1ccccc1C(CC1CCS(=O)(=O)C1)NC. The van der Waals surface area contributed by atoms with Gasteiger partial charge in [-0.3, -0.25) is 0 Å². The second kappa shape index (κ2) is 7.27. The molecular weight excluding hydrogens is 286 g/mol. The zero-order valence-corrected chi connectivity index (χ0v) is 13.7. The standard InChI is InChI=1S/C16H25NO3S/c1-3-9-20-16-7-5-4-6-14(16)15(17-2)11-13-8-10-21(18,19)12-13/h4-7,13,15,17H,3,8-12H2,1-2H3. The number of hydrogen-bond donors (Lipinski definition) is 1. The maximum absolute atomic E-state index is 11.6. The van der Waals surface area contributed by atoms with Gasteiger partial charge in [-0.25, -0.2) is 8.42 Å². The second-order valence-corrected chi connectivity index (χ2v) is 7.96. The van der Waals surface area contributed by atoms with Gasteiger partial charge in [-0.15, -0.1) is 0 Å². The molecule has 0 bridgehead atoms. The van der Waals surface area contributed by atoms with Gasteiger partial charge in [0.05, 0.1) is 18.1 Å². The summed E-state index contributed by atoms with van der Waals surface area (Å²) >= 11 is 0. The van der Waals surface area contributed by atoms with Gasteiger partial charge >= 0.3 is 0 Å². The van der Waals surface area contributed by atoms with Crippen LogP contribution < -0.4 is 10.1 Å². The maximum Gasteiger partial charge on any atom is 0.150 e. The van der Waals surface area contributed by atoms with E-state index in [0.29, 0.717) is 18.1 Å². The van der Waals surface area contributed by atoms with Crippen LogP contribution in [-0.2, 0) is 9.84 Å². The Morgan fingerprint density at radius 1 is 1.38 bits per heavy atom. The monoisotopic (exact) mass is 311 g/mol. The fraction of sp³-hybridized carbons (Fsp3) is 0.625. The molecule has 118 valence electrons. The predicted molar refractivity (Wildman–Crippen MR) is 85.4 cm³/mol. The molecule has 0 aliphatic carbocycles. The molecule has 2 atom stereocenters. The third kappa shape index (κ3) is 4.45. The van der Waals surface area contributed by atoms with Crippen molar-refractivity contribution < 1.29 is 13.2 Å². The minimum Gasteiger partial charge on any atom is -0.493 e. The molecule has 0 radical (unpaired) electrons. The fourth-order valence-electron chi connectivity index (χ4n) is 2.90. The van der Waals surface area contributed by atoms with Gasteiger partial charge in [0.2, 0.25) is 0 Å². The van der Waals surface area contributed by atoms with E-state index in [4.69, 9.17) is 4.74 Å². The molecule has 0 saturated carbocycles. The first-order chi connectivity index (χ1) is 10.1. The van der Waals surface area contributed by atoms with Crippen LogP contribution in [0, 0.1) is 5.92 Å². The Hall–Kier alpha value is -1.07. The van der Waals surface area contributed by atoms with Gasteiger partial charge in [-0.2, -0.15) is 0 Å². The first kappa shape index (κ1) is 16.3. The van der Waals surface area contributed by atoms with Crippen molar-refractivity contribution in [3.63, 3.8) is 0 Å². The number of nitrogens with one attached hydrogen (secondary N) is 1. The van der Waals surface area contributed by atoms with E-state index in [0.717, 1.165) is 30.6 Å². The minimum absolute atomic E-state index is 0.136. The molecule has 2 rings (SSSR count). The lowest BCUT2D eigenvalue weighted by molar-refractivity contribution is 0.307. The predicted octanol–water partition coefficient (Wildman–Crippen LogP) is 2.56. The number of rotatable bonds is 7. The zero-order chi connectivity index (χ0) is 15.3. The van der Waals surface area contributed by atoms with Gasteiger partial charge in [0.1, 0.15) is 5.75 Å². The Labute approximate surface area is 127 Å². The van der Waals surface area contributed by atoms with Gasteiger partial charge in [-0.1, -0.05) is 25.1 Å². The summed E-state index contributed by atoms with van der Waals surface area (Å²) in [5.41, 5.74) is 1.12. The average molecular weight is 311 g/mol. The molecule has 1 heterocycles. The summed E-state index contributed by atoms with van der Waals surface area (Å²) in [4.78, 5) is 0. The van der Waals surface area contributed by atoms with Gasteiger partial charge in [0.25, 0.3) is 0 Å². The highest BCUT2D eigenvalue weighted by Gasteiger charge is 2.30. The third-order valence-electron chi connectivity index (χ3n) is 4.00. The van der Waals surface area contributed by atoms with E-state index in [1.807, 2.05) is 25.2 Å². The molecule has 4 nitrogen and oxygen atoms in total. The van der Waals surface area contributed by atoms with Gasteiger partial charge < -0.3 is 10.1 Å². The highest BCUT2D eigenvalue weighted by Crippen LogP contribution is 2.33. The summed E-state index contributed by atoms with van der Waals surface area (Å²) in [6.07, 6.45) is 2.58. The molecule has 0 aromatic heterocycles. The van der Waals surface area contributed by atoms with Crippen LogP contribution >= 0.6 is 0 Å². The van der Waals surface area contributed by atoms with Crippen LogP contribution in [-0.4, -0.2) is 33.6 Å². The highest BCUT2D eigenvalue weighted by atomic mass is 32.2. The topological polar surface area (TPSA) is 55.4 Å². The van der Waals surface area contributed by atoms with Crippen molar-refractivity contribution in [3.8, 4) is 5.75 Å². The number of sulfone groups is 1. The first-order valence-electron chi connectivity index (χ1n) is 7.65. The molecule has 1 saturated heterocycles. The molecule has 1 aliphatic heterocycles. The van der Waals surface area contributed by atoms with Crippen LogP contribution in [0.5, 0.6) is 5.75 Å². The molecule has 1 N–H and O–H groups in total. The van der Waals surface area contributed by atoms with Crippen LogP contribution in [0.2, 0.25) is 0 Å². The molecule has 0 spiro atoms. The van der Waals surface area contributed by atoms with E-state index in [2.05, 4.69) is 18.3 Å². The van der Waals surface area contributed by atoms with E-state index in [1.54, 1.807) is 0 Å². The number of benzene rings is 1. The lowest BCUT2D eigenvalue weighted by Gasteiger charge is -2.22. The first-order valence-corrected chi connectivity index (χ1v) is 9.47. The van der Waals surface area contributed by atoms with Crippen LogP contribution in [0.15, 0.2) is 24.3 Å². The Morgan fingerprint density at radius 3 is 2.76 bits per heavy atom. The molecular formula is C16H25NO3S. The average Bonchev–Trinajstić information content (AvgIpc) is 2.82. The molecule has 5 heteroatoms. The van der Waals surface area contributed by atoms with E-state index in [9.17, 15) is 8.42 Å². The Kier molecular flexibility index (Phi) is 5.65.